The normalized spacial score (nSPS) is 32.2. The van der Waals surface area contributed by atoms with Crippen molar-refractivity contribution in [3.05, 3.63) is 41.5 Å². The Kier molecular flexibility index (Phi) is 6.03. The molecule has 2 aromatic carbocycles. The summed E-state index contributed by atoms with van der Waals surface area (Å²) in [6.07, 6.45) is -9.41. The van der Waals surface area contributed by atoms with Crippen LogP contribution >= 0.6 is 0 Å². The van der Waals surface area contributed by atoms with Crippen LogP contribution in [-0.4, -0.2) is 84.3 Å². The van der Waals surface area contributed by atoms with E-state index in [0.717, 1.165) is 6.07 Å². The minimum atomic E-state index is -1.66. The highest BCUT2D eigenvalue weighted by Crippen LogP contribution is 2.44. The van der Waals surface area contributed by atoms with E-state index in [1.54, 1.807) is 0 Å². The maximum absolute atomic E-state index is 10.3. The van der Waals surface area contributed by atoms with E-state index in [9.17, 15) is 40.9 Å². The van der Waals surface area contributed by atoms with Crippen LogP contribution in [0.25, 0.3) is 0 Å². The van der Waals surface area contributed by atoms with E-state index in [1.807, 2.05) is 0 Å². The lowest BCUT2D eigenvalue weighted by atomic mass is 9.93. The molecule has 0 spiro atoms. The molecule has 11 nitrogen and oxygen atoms in total. The minimum Gasteiger partial charge on any atom is -0.508 e. The van der Waals surface area contributed by atoms with Gasteiger partial charge in [-0.25, -0.2) is 0 Å². The number of fused-ring (bicyclic) bond motifs is 1. The molecule has 0 aliphatic carbocycles. The first-order valence-corrected chi connectivity index (χ1v) is 9.89. The topological polar surface area (TPSA) is 190 Å². The molecule has 2 aliphatic rings. The Bertz CT molecular complexity index is 978. The standard InChI is InChI=1S/C21H24O11/c22-7-16-17(27)18(28)19(29)21(32-16)31-15-6-10-12(25)4-9(23)5-14(10)30-20(15)8-1-2-11(24)13(26)3-8/h1-5,15-29H,6-7H2/t15-,16-,17-,18?,19?,20-,21-/m1/s1. The van der Waals surface area contributed by atoms with Gasteiger partial charge < -0.3 is 55.1 Å². The number of benzene rings is 2. The average Bonchev–Trinajstić information content (AvgIpc) is 2.76. The van der Waals surface area contributed by atoms with Crippen molar-refractivity contribution in [1.82, 2.24) is 0 Å². The molecule has 11 heteroatoms. The van der Waals surface area contributed by atoms with Crippen LogP contribution in [0.1, 0.15) is 17.2 Å². The molecule has 0 amide bonds. The number of aromatic hydroxyl groups is 4. The number of hydrogen-bond acceptors (Lipinski definition) is 11. The third-order valence-electron chi connectivity index (χ3n) is 5.65. The molecule has 2 aliphatic heterocycles. The quantitative estimate of drug-likeness (QED) is 0.276. The minimum absolute atomic E-state index is 0.0166. The highest BCUT2D eigenvalue weighted by Gasteiger charge is 2.46. The van der Waals surface area contributed by atoms with E-state index in [-0.39, 0.29) is 29.4 Å². The second-order valence-corrected chi connectivity index (χ2v) is 7.80. The van der Waals surface area contributed by atoms with Crippen LogP contribution in [0.15, 0.2) is 30.3 Å². The summed E-state index contributed by atoms with van der Waals surface area (Å²) in [4.78, 5) is 0. The number of hydrogen-bond donors (Lipinski definition) is 8. The van der Waals surface area contributed by atoms with E-state index in [1.165, 1.54) is 24.3 Å². The van der Waals surface area contributed by atoms with Crippen molar-refractivity contribution in [2.75, 3.05) is 6.61 Å². The van der Waals surface area contributed by atoms with Gasteiger partial charge in [-0.2, -0.15) is 0 Å². The summed E-state index contributed by atoms with van der Waals surface area (Å²) in [6.45, 7) is -0.635. The number of aliphatic hydroxyl groups excluding tert-OH is 4. The fourth-order valence-electron chi connectivity index (χ4n) is 3.92. The van der Waals surface area contributed by atoms with Crippen molar-refractivity contribution in [3.63, 3.8) is 0 Å². The lowest BCUT2D eigenvalue weighted by molar-refractivity contribution is -0.317. The Morgan fingerprint density at radius 2 is 1.62 bits per heavy atom. The SMILES string of the molecule is OC[C@H]1O[C@@H](O[C@@H]2Cc3c(O)cc(O)cc3O[C@@H]2c2ccc(O)c(O)c2)C(O)C(O)[C@@H]1O. The van der Waals surface area contributed by atoms with Crippen LogP contribution < -0.4 is 4.74 Å². The number of rotatable bonds is 4. The molecule has 2 heterocycles. The molecular weight excluding hydrogens is 428 g/mol. The molecule has 2 unspecified atom stereocenters. The van der Waals surface area contributed by atoms with E-state index in [0.29, 0.717) is 11.1 Å². The molecule has 7 atom stereocenters. The van der Waals surface area contributed by atoms with Crippen LogP contribution in [0.5, 0.6) is 28.7 Å². The molecule has 2 aromatic rings. The van der Waals surface area contributed by atoms with Gasteiger partial charge in [0.15, 0.2) is 23.9 Å². The molecule has 1 saturated heterocycles. The van der Waals surface area contributed by atoms with E-state index in [2.05, 4.69) is 0 Å². The molecule has 0 saturated carbocycles. The summed E-state index contributed by atoms with van der Waals surface area (Å²) in [6, 6.07) is 6.38. The van der Waals surface area contributed by atoms with Crippen molar-refractivity contribution in [2.45, 2.75) is 49.3 Å². The summed E-state index contributed by atoms with van der Waals surface area (Å²) in [5, 5.41) is 79.4. The van der Waals surface area contributed by atoms with Gasteiger partial charge in [0.1, 0.15) is 47.8 Å². The van der Waals surface area contributed by atoms with Crippen molar-refractivity contribution in [2.24, 2.45) is 0 Å². The molecule has 174 valence electrons. The average molecular weight is 452 g/mol. The van der Waals surface area contributed by atoms with Crippen molar-refractivity contribution >= 4 is 0 Å². The van der Waals surface area contributed by atoms with Crippen molar-refractivity contribution in [1.29, 1.82) is 0 Å². The van der Waals surface area contributed by atoms with Crippen LogP contribution in [-0.2, 0) is 15.9 Å². The third kappa shape index (κ3) is 4.01. The van der Waals surface area contributed by atoms with E-state index in [4.69, 9.17) is 14.2 Å². The Morgan fingerprint density at radius 3 is 2.31 bits per heavy atom. The van der Waals surface area contributed by atoms with Gasteiger partial charge >= 0.3 is 0 Å². The molecule has 32 heavy (non-hydrogen) atoms. The van der Waals surface area contributed by atoms with Gasteiger partial charge in [0.25, 0.3) is 0 Å². The van der Waals surface area contributed by atoms with Gasteiger partial charge in [-0.05, 0) is 17.7 Å². The Hall–Kier alpha value is -2.80. The largest absolute Gasteiger partial charge is 0.508 e. The van der Waals surface area contributed by atoms with E-state index < -0.39 is 55.3 Å². The van der Waals surface area contributed by atoms with Crippen molar-refractivity contribution in [3.8, 4) is 28.7 Å². The van der Waals surface area contributed by atoms with Gasteiger partial charge in [-0.3, -0.25) is 0 Å². The first-order valence-electron chi connectivity index (χ1n) is 9.89. The zero-order valence-corrected chi connectivity index (χ0v) is 16.6. The maximum Gasteiger partial charge on any atom is 0.187 e. The molecule has 0 aromatic heterocycles. The summed E-state index contributed by atoms with van der Waals surface area (Å²) in [5.74, 6) is -1.10. The van der Waals surface area contributed by atoms with Crippen LogP contribution in [0.3, 0.4) is 0 Å². The van der Waals surface area contributed by atoms with E-state index >= 15 is 0 Å². The summed E-state index contributed by atoms with van der Waals surface area (Å²) in [7, 11) is 0. The maximum atomic E-state index is 10.3. The van der Waals surface area contributed by atoms with Crippen LogP contribution in [0.4, 0.5) is 0 Å². The highest BCUT2D eigenvalue weighted by atomic mass is 16.7. The molecule has 0 bridgehead atoms. The molecule has 0 radical (unpaired) electrons. The second-order valence-electron chi connectivity index (χ2n) is 7.80. The van der Waals surface area contributed by atoms with Gasteiger partial charge in [0.05, 0.1) is 6.61 Å². The lowest BCUT2D eigenvalue weighted by Crippen LogP contribution is -2.60. The summed E-state index contributed by atoms with van der Waals surface area (Å²) >= 11 is 0. The third-order valence-corrected chi connectivity index (χ3v) is 5.65. The van der Waals surface area contributed by atoms with Gasteiger partial charge in [0.2, 0.25) is 0 Å². The Balaban J connectivity index is 1.68. The Labute approximate surface area is 181 Å². The fraction of sp³-hybridized carbons (Fsp3) is 0.429. The van der Waals surface area contributed by atoms with Gasteiger partial charge in [0, 0.05) is 24.1 Å². The summed E-state index contributed by atoms with van der Waals surface area (Å²) < 4.78 is 17.2. The predicted octanol–water partition coefficient (Wildman–Crippen LogP) is -0.630. The van der Waals surface area contributed by atoms with Crippen LogP contribution in [0.2, 0.25) is 0 Å². The first-order chi connectivity index (χ1) is 15.2. The molecular formula is C21H24O11. The molecule has 8 N–H and O–H groups in total. The number of phenols is 4. The highest BCUT2D eigenvalue weighted by molar-refractivity contribution is 5.52. The van der Waals surface area contributed by atoms with Crippen molar-refractivity contribution < 1.29 is 55.1 Å². The first kappa shape index (κ1) is 22.4. The fourth-order valence-corrected chi connectivity index (χ4v) is 3.92. The number of phenolic OH excluding ortho intramolecular Hbond substituents is 4. The number of aliphatic hydroxyl groups is 4. The number of ether oxygens (including phenoxy) is 3. The zero-order chi connectivity index (χ0) is 23.2. The smallest absolute Gasteiger partial charge is 0.187 e. The lowest BCUT2D eigenvalue weighted by Gasteiger charge is -2.43. The second kappa shape index (κ2) is 8.62. The van der Waals surface area contributed by atoms with Gasteiger partial charge in [-0.15, -0.1) is 0 Å². The molecule has 1 fully saturated rings. The van der Waals surface area contributed by atoms with Crippen LogP contribution in [0, 0.1) is 0 Å². The predicted molar refractivity (Wildman–Crippen MR) is 105 cm³/mol. The summed E-state index contributed by atoms with van der Waals surface area (Å²) in [5.41, 5.74) is 0.667. The van der Waals surface area contributed by atoms with Gasteiger partial charge in [-0.1, -0.05) is 6.07 Å². The zero-order valence-electron chi connectivity index (χ0n) is 16.6. The molecule has 4 rings (SSSR count). The monoisotopic (exact) mass is 452 g/mol. The Morgan fingerprint density at radius 1 is 0.875 bits per heavy atom.